The Balaban J connectivity index is 1.98. The van der Waals surface area contributed by atoms with E-state index < -0.39 is 0 Å². The minimum Gasteiger partial charge on any atom is -0.493 e. The number of nitrogens with one attached hydrogen (secondary N) is 1. The Morgan fingerprint density at radius 3 is 2.30 bits per heavy atom. The second-order valence-corrected chi connectivity index (χ2v) is 6.99. The maximum atomic E-state index is 5.89. The van der Waals surface area contributed by atoms with Gasteiger partial charge in [0.15, 0.2) is 0 Å². The van der Waals surface area contributed by atoms with Crippen LogP contribution in [0.2, 0.25) is 0 Å². The lowest BCUT2D eigenvalue weighted by Crippen LogP contribution is -2.11. The van der Waals surface area contributed by atoms with Crippen LogP contribution in [0.5, 0.6) is 5.75 Å². The van der Waals surface area contributed by atoms with Crippen LogP contribution in [0.3, 0.4) is 0 Å². The summed E-state index contributed by atoms with van der Waals surface area (Å²) in [6.45, 7) is 10.4. The van der Waals surface area contributed by atoms with Crippen molar-refractivity contribution in [3.63, 3.8) is 0 Å². The summed E-state index contributed by atoms with van der Waals surface area (Å²) in [5.41, 5.74) is 3.88. The predicted molar refractivity (Wildman–Crippen MR) is 99.3 cm³/mol. The van der Waals surface area contributed by atoms with Gasteiger partial charge in [-0.15, -0.1) is 0 Å². The number of hydrogen-bond acceptors (Lipinski definition) is 2. The number of hydrogen-bond donors (Lipinski definition) is 1. The Labute approximate surface area is 140 Å². The highest BCUT2D eigenvalue weighted by Crippen LogP contribution is 2.24. The van der Waals surface area contributed by atoms with E-state index in [1.165, 1.54) is 11.1 Å². The van der Waals surface area contributed by atoms with Gasteiger partial charge in [-0.3, -0.25) is 0 Å². The number of anilines is 1. The Hall–Kier alpha value is -1.96. The molecule has 0 bridgehead atoms. The van der Waals surface area contributed by atoms with Gasteiger partial charge in [0.05, 0.1) is 6.61 Å². The molecule has 0 spiro atoms. The van der Waals surface area contributed by atoms with Crippen molar-refractivity contribution < 1.29 is 4.74 Å². The van der Waals surface area contributed by atoms with Crippen molar-refractivity contribution in [3.05, 3.63) is 59.7 Å². The van der Waals surface area contributed by atoms with E-state index in [9.17, 15) is 0 Å². The summed E-state index contributed by atoms with van der Waals surface area (Å²) >= 11 is 0. The van der Waals surface area contributed by atoms with E-state index in [-0.39, 0.29) is 5.41 Å². The summed E-state index contributed by atoms with van der Waals surface area (Å²) in [6, 6.07) is 17.0. The average molecular weight is 311 g/mol. The van der Waals surface area contributed by atoms with E-state index in [1.807, 2.05) is 6.07 Å². The number of ether oxygens (including phenoxy) is 1. The molecule has 2 heteroatoms. The van der Waals surface area contributed by atoms with E-state index >= 15 is 0 Å². The highest BCUT2D eigenvalue weighted by Gasteiger charge is 2.12. The van der Waals surface area contributed by atoms with Gasteiger partial charge in [-0.25, -0.2) is 0 Å². The molecule has 0 aliphatic rings. The molecule has 0 atom stereocenters. The molecule has 0 fully saturated rings. The Morgan fingerprint density at radius 2 is 1.65 bits per heavy atom. The van der Waals surface area contributed by atoms with Crippen molar-refractivity contribution in [2.75, 3.05) is 11.9 Å². The maximum absolute atomic E-state index is 5.89. The molecule has 0 amide bonds. The van der Waals surface area contributed by atoms with E-state index in [0.717, 1.165) is 37.4 Å². The molecule has 2 rings (SSSR count). The minimum atomic E-state index is 0.193. The van der Waals surface area contributed by atoms with Crippen molar-refractivity contribution >= 4 is 5.69 Å². The quantitative estimate of drug-likeness (QED) is 0.655. The second kappa shape index (κ2) is 8.05. The van der Waals surface area contributed by atoms with Gasteiger partial charge in [0.1, 0.15) is 5.75 Å². The third-order valence-corrected chi connectivity index (χ3v) is 3.96. The summed E-state index contributed by atoms with van der Waals surface area (Å²) in [4.78, 5) is 0. The van der Waals surface area contributed by atoms with Gasteiger partial charge in [0, 0.05) is 17.8 Å². The SMILES string of the molecule is CCCCOc1ccccc1CNc1ccc(C(C)(C)C)cc1. The van der Waals surface area contributed by atoms with Crippen molar-refractivity contribution in [1.29, 1.82) is 0 Å². The molecule has 0 saturated carbocycles. The summed E-state index contributed by atoms with van der Waals surface area (Å²) < 4.78 is 5.89. The number of unbranched alkanes of at least 4 members (excludes halogenated alkanes) is 1. The van der Waals surface area contributed by atoms with Crippen molar-refractivity contribution in [3.8, 4) is 5.75 Å². The lowest BCUT2D eigenvalue weighted by Gasteiger charge is -2.19. The summed E-state index contributed by atoms with van der Waals surface area (Å²) in [7, 11) is 0. The second-order valence-electron chi connectivity index (χ2n) is 6.99. The molecule has 2 nitrogen and oxygen atoms in total. The topological polar surface area (TPSA) is 21.3 Å². The molecule has 2 aromatic carbocycles. The molecule has 23 heavy (non-hydrogen) atoms. The summed E-state index contributed by atoms with van der Waals surface area (Å²) in [5, 5.41) is 3.49. The first-order chi connectivity index (χ1) is 11.0. The van der Waals surface area contributed by atoms with Gasteiger partial charge < -0.3 is 10.1 Å². The highest BCUT2D eigenvalue weighted by atomic mass is 16.5. The van der Waals surface area contributed by atoms with Gasteiger partial charge in [-0.2, -0.15) is 0 Å². The van der Waals surface area contributed by atoms with Crippen LogP contribution in [0.15, 0.2) is 48.5 Å². The maximum Gasteiger partial charge on any atom is 0.124 e. The van der Waals surface area contributed by atoms with Gasteiger partial charge >= 0.3 is 0 Å². The van der Waals surface area contributed by atoms with Crippen LogP contribution in [0.1, 0.15) is 51.7 Å². The first-order valence-corrected chi connectivity index (χ1v) is 8.56. The highest BCUT2D eigenvalue weighted by molar-refractivity contribution is 5.47. The molecular weight excluding hydrogens is 282 g/mol. The predicted octanol–water partition coefficient (Wildman–Crippen LogP) is 5.78. The number of rotatable bonds is 7. The molecule has 124 valence electrons. The van der Waals surface area contributed by atoms with Crippen LogP contribution in [-0.2, 0) is 12.0 Å². The fourth-order valence-electron chi connectivity index (χ4n) is 2.40. The van der Waals surface area contributed by atoms with Crippen LogP contribution in [0.25, 0.3) is 0 Å². The normalized spacial score (nSPS) is 11.3. The third kappa shape index (κ3) is 5.31. The summed E-state index contributed by atoms with van der Waals surface area (Å²) in [5.74, 6) is 0.986. The Morgan fingerprint density at radius 1 is 0.957 bits per heavy atom. The monoisotopic (exact) mass is 311 g/mol. The standard InChI is InChI=1S/C21H29NO/c1-5-6-15-23-20-10-8-7-9-17(20)16-22-19-13-11-18(12-14-19)21(2,3)4/h7-14,22H,5-6,15-16H2,1-4H3. The lowest BCUT2D eigenvalue weighted by molar-refractivity contribution is 0.306. The Bertz CT molecular complexity index is 596. The van der Waals surface area contributed by atoms with Crippen LogP contribution in [-0.4, -0.2) is 6.61 Å². The van der Waals surface area contributed by atoms with E-state index in [0.29, 0.717) is 0 Å². The number of benzene rings is 2. The van der Waals surface area contributed by atoms with Crippen LogP contribution in [0.4, 0.5) is 5.69 Å². The molecule has 1 N–H and O–H groups in total. The molecule has 0 saturated heterocycles. The van der Waals surface area contributed by atoms with Crippen LogP contribution in [0, 0.1) is 0 Å². The van der Waals surface area contributed by atoms with Crippen molar-refractivity contribution in [2.24, 2.45) is 0 Å². The molecule has 0 heterocycles. The first-order valence-electron chi connectivity index (χ1n) is 8.56. The van der Waals surface area contributed by atoms with Gasteiger partial charge in [-0.05, 0) is 35.6 Å². The zero-order chi connectivity index (χ0) is 16.7. The zero-order valence-electron chi connectivity index (χ0n) is 14.9. The van der Waals surface area contributed by atoms with Gasteiger partial charge in [0.25, 0.3) is 0 Å². The first kappa shape index (κ1) is 17.4. The molecule has 0 aromatic heterocycles. The fourth-order valence-corrected chi connectivity index (χ4v) is 2.40. The van der Waals surface area contributed by atoms with Crippen molar-refractivity contribution in [1.82, 2.24) is 0 Å². The molecule has 2 aromatic rings. The average Bonchev–Trinajstić information content (AvgIpc) is 2.54. The largest absolute Gasteiger partial charge is 0.493 e. The van der Waals surface area contributed by atoms with E-state index in [2.05, 4.69) is 75.5 Å². The Kier molecular flexibility index (Phi) is 6.09. The molecule has 0 radical (unpaired) electrons. The molecular formula is C21H29NO. The molecule has 0 aliphatic carbocycles. The lowest BCUT2D eigenvalue weighted by atomic mass is 9.87. The van der Waals surface area contributed by atoms with E-state index in [1.54, 1.807) is 0 Å². The molecule has 0 unspecified atom stereocenters. The number of para-hydroxylation sites is 1. The summed E-state index contributed by atoms with van der Waals surface area (Å²) in [6.07, 6.45) is 2.25. The van der Waals surface area contributed by atoms with Gasteiger partial charge in [-0.1, -0.05) is 64.4 Å². The zero-order valence-corrected chi connectivity index (χ0v) is 14.9. The fraction of sp³-hybridized carbons (Fsp3) is 0.429. The van der Waals surface area contributed by atoms with Crippen molar-refractivity contribution in [2.45, 2.75) is 52.5 Å². The minimum absolute atomic E-state index is 0.193. The van der Waals surface area contributed by atoms with E-state index in [4.69, 9.17) is 4.74 Å². The molecule has 0 aliphatic heterocycles. The smallest absolute Gasteiger partial charge is 0.124 e. The van der Waals surface area contributed by atoms with Crippen LogP contribution >= 0.6 is 0 Å². The van der Waals surface area contributed by atoms with Gasteiger partial charge in [0.2, 0.25) is 0 Å². The van der Waals surface area contributed by atoms with Crippen LogP contribution < -0.4 is 10.1 Å². The third-order valence-electron chi connectivity index (χ3n) is 3.96.